The van der Waals surface area contributed by atoms with E-state index in [4.69, 9.17) is 11.1 Å². The maximum atomic E-state index is 9.73. The highest BCUT2D eigenvalue weighted by atomic mass is 35.5. The van der Waals surface area contributed by atoms with E-state index in [0.29, 0.717) is 12.1 Å². The fraction of sp³-hybridized carbons (Fsp3) is 0.273. The molecule has 0 amide bonds. The van der Waals surface area contributed by atoms with Crippen LogP contribution < -0.4 is 5.73 Å². The predicted octanol–water partition coefficient (Wildman–Crippen LogP) is 1.36. The normalized spacial score (nSPS) is 18.5. The van der Waals surface area contributed by atoms with Crippen LogP contribution in [0.5, 0.6) is 5.75 Å². The summed E-state index contributed by atoms with van der Waals surface area (Å²) in [5, 5.41) is 22.7. The topological polar surface area (TPSA) is 85.7 Å². The SMILES string of the molecule is CC1CN(C(=N)N)N=C1c1ccccc1O.Cl. The van der Waals surface area contributed by atoms with Crippen molar-refractivity contribution in [2.45, 2.75) is 6.92 Å². The third-order valence-electron chi connectivity index (χ3n) is 2.60. The van der Waals surface area contributed by atoms with E-state index in [-0.39, 0.29) is 30.0 Å². The van der Waals surface area contributed by atoms with Crippen molar-refractivity contribution >= 4 is 24.1 Å². The van der Waals surface area contributed by atoms with E-state index in [9.17, 15) is 5.11 Å². The molecule has 0 spiro atoms. The fourth-order valence-electron chi connectivity index (χ4n) is 1.78. The van der Waals surface area contributed by atoms with Gasteiger partial charge in [0.05, 0.1) is 12.3 Å². The van der Waals surface area contributed by atoms with E-state index in [1.807, 2.05) is 19.1 Å². The molecule has 4 N–H and O–H groups in total. The summed E-state index contributed by atoms with van der Waals surface area (Å²) in [6.45, 7) is 2.58. The molecule has 92 valence electrons. The lowest BCUT2D eigenvalue weighted by Crippen LogP contribution is -2.31. The maximum Gasteiger partial charge on any atom is 0.209 e. The minimum Gasteiger partial charge on any atom is -0.507 e. The molecule has 2 rings (SSSR count). The minimum absolute atomic E-state index is 0. The first-order valence-electron chi connectivity index (χ1n) is 5.08. The number of para-hydroxylation sites is 1. The summed E-state index contributed by atoms with van der Waals surface area (Å²) in [4.78, 5) is 0. The Morgan fingerprint density at radius 2 is 2.18 bits per heavy atom. The van der Waals surface area contributed by atoms with Crippen molar-refractivity contribution < 1.29 is 5.11 Å². The molecule has 0 fully saturated rings. The van der Waals surface area contributed by atoms with Crippen LogP contribution in [0.1, 0.15) is 12.5 Å². The Morgan fingerprint density at radius 1 is 1.53 bits per heavy atom. The number of nitrogens with two attached hydrogens (primary N) is 1. The molecule has 0 bridgehead atoms. The Kier molecular flexibility index (Phi) is 3.96. The van der Waals surface area contributed by atoms with Gasteiger partial charge in [0.15, 0.2) is 0 Å². The molecule has 1 unspecified atom stereocenters. The number of hydrazone groups is 1. The summed E-state index contributed by atoms with van der Waals surface area (Å²) in [7, 11) is 0. The van der Waals surface area contributed by atoms with Crippen molar-refractivity contribution in [3.63, 3.8) is 0 Å². The van der Waals surface area contributed by atoms with Gasteiger partial charge in [-0.15, -0.1) is 12.4 Å². The Hall–Kier alpha value is -1.75. The molecule has 5 nitrogen and oxygen atoms in total. The number of hydrogen-bond acceptors (Lipinski definition) is 3. The van der Waals surface area contributed by atoms with Crippen LogP contribution in [0.2, 0.25) is 0 Å². The lowest BCUT2D eigenvalue weighted by Gasteiger charge is -2.10. The van der Waals surface area contributed by atoms with Gasteiger partial charge < -0.3 is 10.8 Å². The van der Waals surface area contributed by atoms with Gasteiger partial charge in [0.25, 0.3) is 0 Å². The lowest BCUT2D eigenvalue weighted by molar-refractivity contribution is 0.448. The van der Waals surface area contributed by atoms with Crippen molar-refractivity contribution in [3.05, 3.63) is 29.8 Å². The second-order valence-corrected chi connectivity index (χ2v) is 3.87. The first-order valence-corrected chi connectivity index (χ1v) is 5.08. The van der Waals surface area contributed by atoms with Crippen LogP contribution in [0.4, 0.5) is 0 Å². The number of hydrogen-bond donors (Lipinski definition) is 3. The average molecular weight is 255 g/mol. The molecule has 17 heavy (non-hydrogen) atoms. The number of phenolic OH excluding ortho intramolecular Hbond substituents is 1. The number of nitrogens with zero attached hydrogens (tertiary/aromatic N) is 2. The minimum atomic E-state index is -0.0720. The van der Waals surface area contributed by atoms with E-state index < -0.39 is 0 Å². The van der Waals surface area contributed by atoms with Gasteiger partial charge in [-0.2, -0.15) is 5.10 Å². The van der Waals surface area contributed by atoms with Crippen LogP contribution in [0.15, 0.2) is 29.4 Å². The van der Waals surface area contributed by atoms with Gasteiger partial charge in [-0.1, -0.05) is 19.1 Å². The highest BCUT2D eigenvalue weighted by Gasteiger charge is 2.26. The number of rotatable bonds is 1. The summed E-state index contributed by atoms with van der Waals surface area (Å²) in [5.74, 6) is 0.285. The Balaban J connectivity index is 0.00000144. The fourth-order valence-corrected chi connectivity index (χ4v) is 1.78. The summed E-state index contributed by atoms with van der Waals surface area (Å²) in [6.07, 6.45) is 0. The zero-order valence-corrected chi connectivity index (χ0v) is 10.2. The third kappa shape index (κ3) is 2.50. The van der Waals surface area contributed by atoms with Gasteiger partial charge in [0, 0.05) is 11.5 Å². The second kappa shape index (κ2) is 5.05. The summed E-state index contributed by atoms with van der Waals surface area (Å²) < 4.78 is 0. The highest BCUT2D eigenvalue weighted by Crippen LogP contribution is 2.24. The lowest BCUT2D eigenvalue weighted by atomic mass is 9.99. The smallest absolute Gasteiger partial charge is 0.209 e. The zero-order chi connectivity index (χ0) is 11.7. The largest absolute Gasteiger partial charge is 0.507 e. The number of aromatic hydroxyl groups is 1. The molecule has 1 aliphatic heterocycles. The number of nitrogens with one attached hydrogen (secondary N) is 1. The first-order chi connectivity index (χ1) is 7.59. The molecule has 6 heteroatoms. The predicted molar refractivity (Wildman–Crippen MR) is 69.7 cm³/mol. The summed E-state index contributed by atoms with van der Waals surface area (Å²) >= 11 is 0. The van der Waals surface area contributed by atoms with Crippen molar-refractivity contribution in [1.82, 2.24) is 5.01 Å². The standard InChI is InChI=1S/C11H14N4O.ClH/c1-7-6-15(11(12)13)14-10(7)8-4-2-3-5-9(8)16;/h2-5,7,16H,6H2,1H3,(H3,12,13);1H. The van der Waals surface area contributed by atoms with Crippen molar-refractivity contribution in [2.24, 2.45) is 16.8 Å². The molecule has 1 aromatic rings. The van der Waals surface area contributed by atoms with Crippen molar-refractivity contribution in [2.75, 3.05) is 6.54 Å². The van der Waals surface area contributed by atoms with Crippen LogP contribution in [0.25, 0.3) is 0 Å². The molecular weight excluding hydrogens is 240 g/mol. The number of benzene rings is 1. The zero-order valence-electron chi connectivity index (χ0n) is 9.42. The summed E-state index contributed by atoms with van der Waals surface area (Å²) in [6, 6.07) is 7.05. The molecular formula is C11H15ClN4O. The Bertz CT molecular complexity index is 461. The monoisotopic (exact) mass is 254 g/mol. The van der Waals surface area contributed by atoms with Crippen LogP contribution in [0, 0.1) is 11.3 Å². The molecule has 0 radical (unpaired) electrons. The third-order valence-corrected chi connectivity index (χ3v) is 2.60. The van der Waals surface area contributed by atoms with Crippen LogP contribution in [-0.2, 0) is 0 Å². The van der Waals surface area contributed by atoms with Crippen LogP contribution >= 0.6 is 12.4 Å². The second-order valence-electron chi connectivity index (χ2n) is 3.87. The molecule has 1 aliphatic rings. The van der Waals surface area contributed by atoms with E-state index in [1.165, 1.54) is 5.01 Å². The first kappa shape index (κ1) is 13.3. The van der Waals surface area contributed by atoms with Gasteiger partial charge in [-0.25, -0.2) is 5.01 Å². The van der Waals surface area contributed by atoms with Crippen molar-refractivity contribution in [3.8, 4) is 5.75 Å². The molecule has 1 heterocycles. The maximum absolute atomic E-state index is 9.73. The summed E-state index contributed by atoms with van der Waals surface area (Å²) in [5.41, 5.74) is 6.86. The number of halogens is 1. The van der Waals surface area contributed by atoms with Gasteiger partial charge >= 0.3 is 0 Å². The number of guanidine groups is 1. The van der Waals surface area contributed by atoms with Crippen LogP contribution in [0.3, 0.4) is 0 Å². The van der Waals surface area contributed by atoms with Gasteiger partial charge in [-0.3, -0.25) is 5.41 Å². The molecule has 0 saturated heterocycles. The van der Waals surface area contributed by atoms with Crippen LogP contribution in [-0.4, -0.2) is 28.3 Å². The molecule has 0 aromatic heterocycles. The van der Waals surface area contributed by atoms with Gasteiger partial charge in [-0.05, 0) is 12.1 Å². The average Bonchev–Trinajstić information content (AvgIpc) is 2.61. The quantitative estimate of drug-likeness (QED) is 0.523. The van der Waals surface area contributed by atoms with E-state index >= 15 is 0 Å². The highest BCUT2D eigenvalue weighted by molar-refractivity contribution is 6.05. The number of phenols is 1. The van der Waals surface area contributed by atoms with Crippen molar-refractivity contribution in [1.29, 1.82) is 5.41 Å². The molecule has 1 atom stereocenters. The van der Waals surface area contributed by atoms with Gasteiger partial charge in [0.2, 0.25) is 5.96 Å². The molecule has 0 saturated carbocycles. The molecule has 1 aromatic carbocycles. The van der Waals surface area contributed by atoms with E-state index in [1.54, 1.807) is 12.1 Å². The van der Waals surface area contributed by atoms with E-state index in [2.05, 4.69) is 5.10 Å². The Morgan fingerprint density at radius 3 is 2.71 bits per heavy atom. The Labute approximate surface area is 106 Å². The van der Waals surface area contributed by atoms with E-state index in [0.717, 1.165) is 5.71 Å². The van der Waals surface area contributed by atoms with Gasteiger partial charge in [0.1, 0.15) is 5.75 Å². The molecule has 0 aliphatic carbocycles.